The minimum absolute atomic E-state index is 0.00398. The summed E-state index contributed by atoms with van der Waals surface area (Å²) in [7, 11) is -2.81. The maximum Gasteiger partial charge on any atom is 0.416 e. The number of benzene rings is 2. The van der Waals surface area contributed by atoms with Gasteiger partial charge in [-0.1, -0.05) is 6.07 Å². The number of halogens is 3. The normalized spacial score (nSPS) is 11.9. The molecule has 0 heterocycles. The van der Waals surface area contributed by atoms with Gasteiger partial charge in [-0.25, -0.2) is 13.6 Å². The Morgan fingerprint density at radius 3 is 2.35 bits per heavy atom. The number of methoxy groups -OCH3 is 1. The van der Waals surface area contributed by atoms with E-state index < -0.39 is 27.7 Å². The van der Waals surface area contributed by atoms with E-state index in [1.165, 1.54) is 32.2 Å². The molecule has 0 aliphatic carbocycles. The average molecular weight is 388 g/mol. The fourth-order valence-electron chi connectivity index (χ4n) is 2.25. The Hall–Kier alpha value is -2.59. The molecule has 2 rings (SSSR count). The number of hydrogen-bond donors (Lipinski definition) is 2. The summed E-state index contributed by atoms with van der Waals surface area (Å²) in [6.07, 6.45) is -4.57. The van der Waals surface area contributed by atoms with Gasteiger partial charge in [-0.05, 0) is 42.8 Å². The summed E-state index contributed by atoms with van der Waals surface area (Å²) in [5, 5.41) is 7.33. The van der Waals surface area contributed by atoms with Crippen LogP contribution < -0.4 is 15.2 Å². The van der Waals surface area contributed by atoms with E-state index in [9.17, 15) is 26.4 Å². The Kier molecular flexibility index (Phi) is 5.28. The van der Waals surface area contributed by atoms with Crippen LogP contribution in [0.1, 0.15) is 21.5 Å². The Morgan fingerprint density at radius 2 is 1.81 bits per heavy atom. The van der Waals surface area contributed by atoms with Crippen molar-refractivity contribution in [3.8, 4) is 5.75 Å². The van der Waals surface area contributed by atoms with Crippen molar-refractivity contribution >= 4 is 21.6 Å². The van der Waals surface area contributed by atoms with Gasteiger partial charge in [0.1, 0.15) is 5.75 Å². The number of sulfonamides is 1. The van der Waals surface area contributed by atoms with Crippen molar-refractivity contribution in [1.82, 2.24) is 0 Å². The van der Waals surface area contributed by atoms with Crippen LogP contribution in [0.4, 0.5) is 18.9 Å². The Morgan fingerprint density at radius 1 is 1.15 bits per heavy atom. The quantitative estimate of drug-likeness (QED) is 0.841. The average Bonchev–Trinajstić information content (AvgIpc) is 2.54. The highest BCUT2D eigenvalue weighted by atomic mass is 32.2. The molecule has 0 aliphatic rings. The van der Waals surface area contributed by atoms with Crippen LogP contribution in [0.3, 0.4) is 0 Å². The number of carbonyl (C=O) groups is 1. The molecule has 1 amide bonds. The molecule has 140 valence electrons. The number of aryl methyl sites for hydroxylation is 1. The van der Waals surface area contributed by atoms with Crippen LogP contribution in [0.2, 0.25) is 0 Å². The first-order chi connectivity index (χ1) is 11.9. The first kappa shape index (κ1) is 19.7. The van der Waals surface area contributed by atoms with Gasteiger partial charge >= 0.3 is 6.18 Å². The van der Waals surface area contributed by atoms with Crippen molar-refractivity contribution < 1.29 is 31.1 Å². The van der Waals surface area contributed by atoms with E-state index in [0.717, 1.165) is 18.2 Å². The Bertz CT molecular complexity index is 956. The Labute approximate surface area is 147 Å². The lowest BCUT2D eigenvalue weighted by atomic mass is 10.1. The summed E-state index contributed by atoms with van der Waals surface area (Å²) < 4.78 is 66.8. The number of primary sulfonamides is 1. The van der Waals surface area contributed by atoms with Crippen molar-refractivity contribution in [1.29, 1.82) is 0 Å². The number of ether oxygens (including phenoxy) is 1. The number of amides is 1. The lowest BCUT2D eigenvalue weighted by Gasteiger charge is -2.14. The van der Waals surface area contributed by atoms with E-state index in [4.69, 9.17) is 9.88 Å². The minimum atomic E-state index is -4.57. The lowest BCUT2D eigenvalue weighted by molar-refractivity contribution is -0.138. The van der Waals surface area contributed by atoms with E-state index >= 15 is 0 Å². The molecule has 0 aliphatic heterocycles. The molecule has 6 nitrogen and oxygen atoms in total. The molecule has 26 heavy (non-hydrogen) atoms. The predicted octanol–water partition coefficient (Wildman–Crippen LogP) is 2.92. The van der Waals surface area contributed by atoms with Crippen LogP contribution in [-0.2, 0) is 16.2 Å². The first-order valence-electron chi connectivity index (χ1n) is 7.13. The van der Waals surface area contributed by atoms with Crippen LogP contribution in [0, 0.1) is 6.92 Å². The minimum Gasteiger partial charge on any atom is -0.496 e. The zero-order valence-electron chi connectivity index (χ0n) is 13.7. The van der Waals surface area contributed by atoms with Crippen LogP contribution in [0.5, 0.6) is 5.75 Å². The lowest BCUT2D eigenvalue weighted by Crippen LogP contribution is -2.17. The summed E-state index contributed by atoms with van der Waals surface area (Å²) >= 11 is 0. The maximum absolute atomic E-state index is 13.0. The van der Waals surface area contributed by atoms with Crippen LogP contribution >= 0.6 is 0 Å². The third-order valence-electron chi connectivity index (χ3n) is 3.54. The number of nitrogens with one attached hydrogen (secondary N) is 1. The van der Waals surface area contributed by atoms with Crippen LogP contribution in [0.15, 0.2) is 41.3 Å². The second-order valence-electron chi connectivity index (χ2n) is 5.39. The molecular weight excluding hydrogens is 373 g/mol. The van der Waals surface area contributed by atoms with E-state index in [1.54, 1.807) is 0 Å². The summed E-state index contributed by atoms with van der Waals surface area (Å²) in [6.45, 7) is 1.30. The SMILES string of the molecule is COc1ccc(S(N)(=O)=O)cc1C(=O)Nc1ccc(C)c(C(F)(F)F)c1. The molecule has 0 saturated carbocycles. The number of nitrogens with two attached hydrogens (primary N) is 1. The third-order valence-corrected chi connectivity index (χ3v) is 4.46. The van der Waals surface area contributed by atoms with Crippen molar-refractivity contribution in [2.75, 3.05) is 12.4 Å². The monoisotopic (exact) mass is 388 g/mol. The highest BCUT2D eigenvalue weighted by Gasteiger charge is 2.32. The molecule has 10 heteroatoms. The third kappa shape index (κ3) is 4.33. The molecule has 0 atom stereocenters. The standard InChI is InChI=1S/C16H15F3N2O4S/c1-9-3-4-10(7-13(9)16(17,18)19)21-15(22)12-8-11(26(20,23)24)5-6-14(12)25-2/h3-8H,1-2H3,(H,21,22)(H2,20,23,24). The van der Waals surface area contributed by atoms with Gasteiger partial charge in [0.15, 0.2) is 0 Å². The molecule has 0 fully saturated rings. The van der Waals surface area contributed by atoms with Gasteiger partial charge in [-0.3, -0.25) is 4.79 Å². The molecule has 0 aromatic heterocycles. The molecule has 2 aromatic rings. The number of carbonyl (C=O) groups excluding carboxylic acids is 1. The fourth-order valence-corrected chi connectivity index (χ4v) is 2.78. The second kappa shape index (κ2) is 6.96. The smallest absolute Gasteiger partial charge is 0.416 e. The van der Waals surface area contributed by atoms with Gasteiger partial charge in [0.05, 0.1) is 23.1 Å². The van der Waals surface area contributed by atoms with Crippen LogP contribution in [-0.4, -0.2) is 21.4 Å². The summed E-state index contributed by atoms with van der Waals surface area (Å²) in [5.41, 5.74) is -1.17. The van der Waals surface area contributed by atoms with Gasteiger partial charge in [0.2, 0.25) is 10.0 Å². The van der Waals surface area contributed by atoms with E-state index in [1.807, 2.05) is 0 Å². The molecule has 0 unspecified atom stereocenters. The molecule has 0 radical (unpaired) electrons. The van der Waals surface area contributed by atoms with Crippen LogP contribution in [0.25, 0.3) is 0 Å². The first-order valence-corrected chi connectivity index (χ1v) is 8.68. The zero-order valence-corrected chi connectivity index (χ0v) is 14.5. The van der Waals surface area contributed by atoms with Gasteiger partial charge in [0.25, 0.3) is 5.91 Å². The van der Waals surface area contributed by atoms with Crippen molar-refractivity contribution in [3.05, 3.63) is 53.1 Å². The number of hydrogen-bond acceptors (Lipinski definition) is 4. The number of rotatable bonds is 4. The summed E-state index contributed by atoms with van der Waals surface area (Å²) in [6, 6.07) is 6.68. The molecule has 3 N–H and O–H groups in total. The van der Waals surface area contributed by atoms with E-state index in [0.29, 0.717) is 0 Å². The highest BCUT2D eigenvalue weighted by Crippen LogP contribution is 2.33. The van der Waals surface area contributed by atoms with E-state index in [2.05, 4.69) is 5.32 Å². The van der Waals surface area contributed by atoms with Gasteiger partial charge in [-0.2, -0.15) is 13.2 Å². The molecular formula is C16H15F3N2O4S. The topological polar surface area (TPSA) is 98.5 Å². The summed E-state index contributed by atoms with van der Waals surface area (Å²) in [5.74, 6) is -0.803. The van der Waals surface area contributed by atoms with Gasteiger partial charge in [0, 0.05) is 5.69 Å². The van der Waals surface area contributed by atoms with Crippen molar-refractivity contribution in [2.45, 2.75) is 18.0 Å². The molecule has 0 spiro atoms. The molecule has 0 saturated heterocycles. The largest absolute Gasteiger partial charge is 0.496 e. The van der Waals surface area contributed by atoms with Gasteiger partial charge in [-0.15, -0.1) is 0 Å². The van der Waals surface area contributed by atoms with E-state index in [-0.39, 0.29) is 27.5 Å². The van der Waals surface area contributed by atoms with Crippen molar-refractivity contribution in [3.63, 3.8) is 0 Å². The second-order valence-corrected chi connectivity index (χ2v) is 6.95. The molecule has 2 aromatic carbocycles. The zero-order chi connectivity index (χ0) is 19.7. The highest BCUT2D eigenvalue weighted by molar-refractivity contribution is 7.89. The number of alkyl halides is 3. The fraction of sp³-hybridized carbons (Fsp3) is 0.188. The molecule has 0 bridgehead atoms. The summed E-state index contributed by atoms with van der Waals surface area (Å²) in [4.78, 5) is 12.1. The maximum atomic E-state index is 13.0. The Balaban J connectivity index is 2.42. The van der Waals surface area contributed by atoms with Crippen molar-refractivity contribution in [2.24, 2.45) is 5.14 Å². The predicted molar refractivity (Wildman–Crippen MR) is 88.5 cm³/mol. The van der Waals surface area contributed by atoms with Gasteiger partial charge < -0.3 is 10.1 Å². The number of anilines is 1.